The molecule has 1 amide bonds. The minimum absolute atomic E-state index is 0.0261. The van der Waals surface area contributed by atoms with Gasteiger partial charge in [0.2, 0.25) is 6.10 Å². The summed E-state index contributed by atoms with van der Waals surface area (Å²) in [5.74, 6) is -5.51. The van der Waals surface area contributed by atoms with Crippen LogP contribution in [-0.2, 0) is 55.3 Å². The fraction of sp³-hybridized carbons (Fsp3) is 0.400. The fourth-order valence-corrected chi connectivity index (χ4v) is 5.53. The summed E-state index contributed by atoms with van der Waals surface area (Å²) in [5, 5.41) is 2.19. The average molecular weight is 645 g/mol. The fourth-order valence-electron chi connectivity index (χ4n) is 3.09. The van der Waals surface area contributed by atoms with Crippen molar-refractivity contribution >= 4 is 78.1 Å². The minimum atomic E-state index is -4.77. The lowest BCUT2D eigenvalue weighted by atomic mass is 10.2. The number of hydrogen-bond donors (Lipinski definition) is 4. The van der Waals surface area contributed by atoms with Crippen molar-refractivity contribution in [2.45, 2.75) is 33.3 Å². The highest BCUT2D eigenvalue weighted by Crippen LogP contribution is 2.29. The van der Waals surface area contributed by atoms with E-state index in [-0.39, 0.29) is 29.4 Å². The van der Waals surface area contributed by atoms with Crippen LogP contribution in [-0.4, -0.2) is 83.1 Å². The predicted molar refractivity (Wildman–Crippen MR) is 143 cm³/mol. The van der Waals surface area contributed by atoms with Crippen molar-refractivity contribution < 1.29 is 54.0 Å². The monoisotopic (exact) mass is 644 g/mol. The molecule has 222 valence electrons. The maximum Gasteiger partial charge on any atom is 0.358 e. The quantitative estimate of drug-likeness (QED) is 0.141. The van der Waals surface area contributed by atoms with Crippen LogP contribution in [0.15, 0.2) is 33.8 Å². The van der Waals surface area contributed by atoms with Crippen molar-refractivity contribution in [1.82, 2.24) is 4.31 Å². The van der Waals surface area contributed by atoms with Gasteiger partial charge in [-0.15, -0.1) is 0 Å². The largest absolute Gasteiger partial charge is 0.461 e. The highest BCUT2D eigenvalue weighted by molar-refractivity contribution is 7.93. The van der Waals surface area contributed by atoms with Crippen LogP contribution in [0.5, 0.6) is 0 Å². The molecule has 40 heavy (non-hydrogen) atoms. The first-order valence-corrected chi connectivity index (χ1v) is 15.7. The molecule has 2 unspecified atom stereocenters. The summed E-state index contributed by atoms with van der Waals surface area (Å²) >= 11 is 3.62. The molecule has 0 aliphatic carbocycles. The Kier molecular flexibility index (Phi) is 11.2. The molecule has 1 aromatic carbocycles. The number of amidine groups is 1. The summed E-state index contributed by atoms with van der Waals surface area (Å²) in [6, 6.07) is 3.68. The molecule has 1 aliphatic rings. The lowest BCUT2D eigenvalue weighted by molar-refractivity contribution is -0.150. The zero-order valence-corrected chi connectivity index (χ0v) is 24.3. The number of hydrogen-bond acceptors (Lipinski definition) is 11. The van der Waals surface area contributed by atoms with Crippen molar-refractivity contribution in [3.63, 3.8) is 0 Å². The van der Waals surface area contributed by atoms with E-state index in [0.717, 1.165) is 13.0 Å². The van der Waals surface area contributed by atoms with E-state index < -0.39 is 84.1 Å². The molecule has 2 rings (SSSR count). The second-order valence-corrected chi connectivity index (χ2v) is 12.4. The topological polar surface area (TPSA) is 235 Å². The van der Waals surface area contributed by atoms with Crippen LogP contribution >= 0.6 is 11.6 Å². The second kappa shape index (κ2) is 13.5. The van der Waals surface area contributed by atoms with Gasteiger partial charge in [-0.1, -0.05) is 18.5 Å². The van der Waals surface area contributed by atoms with E-state index in [1.807, 2.05) is 0 Å². The van der Waals surface area contributed by atoms with E-state index in [9.17, 15) is 40.0 Å². The molecule has 16 nitrogen and oxygen atoms in total. The number of allylic oxidation sites excluding steroid dienone is 1. The first kappa shape index (κ1) is 33.1. The van der Waals surface area contributed by atoms with E-state index in [2.05, 4.69) is 15.0 Å². The average Bonchev–Trinajstić information content (AvgIpc) is 2.84. The van der Waals surface area contributed by atoms with Crippen molar-refractivity contribution in [3.05, 3.63) is 33.8 Å². The van der Waals surface area contributed by atoms with E-state index in [0.29, 0.717) is 4.31 Å². The molecular weight excluding hydrogens is 620 g/mol. The predicted octanol–water partition coefficient (Wildman–Crippen LogP) is 0.875. The minimum Gasteiger partial charge on any atom is -0.461 e. The SMILES string of the molecule is CCOC(=O)C1=C(C)S(=O)(=O)N(CCS(=O)(=O)O)C(C(OC(=O)CC)C(=O)Nc2cc(NS(=O)O)ccc2Cl)=N1. The molecule has 0 saturated carbocycles. The number of amides is 1. The van der Waals surface area contributed by atoms with E-state index in [1.165, 1.54) is 26.0 Å². The molecule has 0 saturated heterocycles. The maximum atomic E-state index is 13.4. The van der Waals surface area contributed by atoms with Crippen molar-refractivity contribution in [2.24, 2.45) is 4.99 Å². The van der Waals surface area contributed by atoms with E-state index in [4.69, 9.17) is 25.6 Å². The number of rotatable bonds is 12. The van der Waals surface area contributed by atoms with Gasteiger partial charge < -0.3 is 14.8 Å². The molecule has 0 bridgehead atoms. The Morgan fingerprint density at radius 3 is 2.45 bits per heavy atom. The Balaban J connectivity index is 2.70. The summed E-state index contributed by atoms with van der Waals surface area (Å²) in [7, 11) is -9.51. The summed E-state index contributed by atoms with van der Waals surface area (Å²) in [5.41, 5.74) is -0.918. The zero-order chi connectivity index (χ0) is 30.4. The third kappa shape index (κ3) is 8.45. The molecule has 0 fully saturated rings. The van der Waals surface area contributed by atoms with Gasteiger partial charge in [0.25, 0.3) is 37.3 Å². The second-order valence-electron chi connectivity index (χ2n) is 7.72. The number of nitrogens with zero attached hydrogens (tertiary/aromatic N) is 2. The van der Waals surface area contributed by atoms with E-state index >= 15 is 0 Å². The highest BCUT2D eigenvalue weighted by Gasteiger charge is 2.44. The van der Waals surface area contributed by atoms with Crippen LogP contribution in [0, 0.1) is 0 Å². The number of esters is 2. The Labute approximate surface area is 237 Å². The zero-order valence-electron chi connectivity index (χ0n) is 21.1. The number of carbonyl (C=O) groups excluding carboxylic acids is 3. The maximum absolute atomic E-state index is 13.4. The van der Waals surface area contributed by atoms with Gasteiger partial charge in [-0.05, 0) is 32.0 Å². The first-order chi connectivity index (χ1) is 18.5. The lowest BCUT2D eigenvalue weighted by Crippen LogP contribution is -2.53. The van der Waals surface area contributed by atoms with Crippen LogP contribution in [0.1, 0.15) is 27.2 Å². The molecule has 0 aromatic heterocycles. The van der Waals surface area contributed by atoms with Gasteiger partial charge in [0.1, 0.15) is 0 Å². The van der Waals surface area contributed by atoms with Crippen molar-refractivity contribution in [3.8, 4) is 0 Å². The number of halogens is 1. The molecule has 2 atom stereocenters. The van der Waals surface area contributed by atoms with E-state index in [1.54, 1.807) is 0 Å². The number of sulfonamides is 1. The standard InChI is InChI=1S/C20H25ClN4O12S3/c1-4-15(26)37-17(19(27)22-14-10-12(24-38(29)30)6-7-13(14)21)18-23-16(20(28)36-5-2)11(3)40(34,35)25(18)8-9-39(31,32)33/h6-7,10,17,24H,4-5,8-9H2,1-3H3,(H,22,27)(H,29,30)(H,31,32,33). The van der Waals surface area contributed by atoms with Gasteiger partial charge in [0.15, 0.2) is 11.5 Å². The normalized spacial score (nSPS) is 16.4. The molecule has 1 heterocycles. The van der Waals surface area contributed by atoms with Crippen molar-refractivity contribution in [2.75, 3.05) is 28.9 Å². The van der Waals surface area contributed by atoms with Gasteiger partial charge >= 0.3 is 11.9 Å². The number of anilines is 2. The third-order valence-corrected chi connectivity index (χ3v) is 8.31. The van der Waals surface area contributed by atoms with Crippen LogP contribution in [0.25, 0.3) is 0 Å². The summed E-state index contributed by atoms with van der Waals surface area (Å²) < 4.78 is 91.4. The number of ether oxygens (including phenoxy) is 2. The Hall–Kier alpha value is -3.10. The van der Waals surface area contributed by atoms with Crippen LogP contribution < -0.4 is 10.0 Å². The molecule has 0 spiro atoms. The lowest BCUT2D eigenvalue weighted by Gasteiger charge is -2.32. The molecule has 20 heteroatoms. The van der Waals surface area contributed by atoms with Crippen LogP contribution in [0.2, 0.25) is 5.02 Å². The summed E-state index contributed by atoms with van der Waals surface area (Å²) in [6.07, 6.45) is -2.50. The Morgan fingerprint density at radius 2 is 1.90 bits per heavy atom. The molecule has 1 aromatic rings. The third-order valence-electron chi connectivity index (χ3n) is 4.95. The number of benzene rings is 1. The summed E-state index contributed by atoms with van der Waals surface area (Å²) in [4.78, 5) is 41.5. The number of carbonyl (C=O) groups is 3. The summed E-state index contributed by atoms with van der Waals surface area (Å²) in [6.45, 7) is 2.62. The van der Waals surface area contributed by atoms with Gasteiger partial charge in [-0.3, -0.25) is 23.4 Å². The molecule has 0 radical (unpaired) electrons. The molecule has 4 N–H and O–H groups in total. The number of aliphatic imine (C=N–C) groups is 1. The Bertz CT molecular complexity index is 1490. The van der Waals surface area contributed by atoms with Gasteiger partial charge in [-0.2, -0.15) is 8.42 Å². The van der Waals surface area contributed by atoms with Gasteiger partial charge in [-0.25, -0.2) is 26.7 Å². The Morgan fingerprint density at radius 1 is 1.25 bits per heavy atom. The smallest absolute Gasteiger partial charge is 0.358 e. The van der Waals surface area contributed by atoms with Crippen LogP contribution in [0.3, 0.4) is 0 Å². The first-order valence-electron chi connectivity index (χ1n) is 11.1. The van der Waals surface area contributed by atoms with Gasteiger partial charge in [0, 0.05) is 6.42 Å². The highest BCUT2D eigenvalue weighted by atomic mass is 35.5. The van der Waals surface area contributed by atoms with Crippen LogP contribution in [0.4, 0.5) is 11.4 Å². The molecular formula is C20H25ClN4O12S3. The van der Waals surface area contributed by atoms with Gasteiger partial charge in [0.05, 0.1) is 40.2 Å². The number of nitrogens with one attached hydrogen (secondary N) is 2. The molecule has 1 aliphatic heterocycles. The van der Waals surface area contributed by atoms with Crippen molar-refractivity contribution in [1.29, 1.82) is 0 Å².